The largest absolute Gasteiger partial charge is 0.325 e. The van der Waals surface area contributed by atoms with E-state index in [9.17, 15) is 24.5 Å². The number of nitrogens with one attached hydrogen (secondary N) is 3. The summed E-state index contributed by atoms with van der Waals surface area (Å²) in [6.07, 6.45) is 4.73. The Morgan fingerprint density at radius 1 is 0.951 bits per heavy atom. The number of aryl methyl sites for hydroxylation is 1. The van der Waals surface area contributed by atoms with Gasteiger partial charge in [-0.3, -0.25) is 29.5 Å². The molecule has 3 amide bonds. The van der Waals surface area contributed by atoms with Crippen molar-refractivity contribution in [3.63, 3.8) is 0 Å². The first-order valence-corrected chi connectivity index (χ1v) is 13.3. The maximum Gasteiger partial charge on any atom is 0.272 e. The zero-order valence-corrected chi connectivity index (χ0v) is 22.7. The number of hydrogen-bond donors (Lipinski definition) is 3. The molecule has 0 spiro atoms. The van der Waals surface area contributed by atoms with Crippen LogP contribution in [0.1, 0.15) is 21.5 Å². The molecule has 1 heterocycles. The van der Waals surface area contributed by atoms with E-state index >= 15 is 0 Å². The molecular formula is C30H25N5O5S. The monoisotopic (exact) mass is 567 g/mol. The van der Waals surface area contributed by atoms with Gasteiger partial charge >= 0.3 is 0 Å². The molecule has 206 valence electrons. The van der Waals surface area contributed by atoms with Gasteiger partial charge in [-0.25, -0.2) is 0 Å². The lowest BCUT2D eigenvalue weighted by Gasteiger charge is -2.12. The average Bonchev–Trinajstić information content (AvgIpc) is 2.98. The maximum atomic E-state index is 13.1. The van der Waals surface area contributed by atoms with Gasteiger partial charge in [0, 0.05) is 46.4 Å². The lowest BCUT2D eigenvalue weighted by molar-refractivity contribution is -0.384. The van der Waals surface area contributed by atoms with Crippen molar-refractivity contribution in [1.29, 1.82) is 0 Å². The second-order valence-electron chi connectivity index (χ2n) is 8.74. The zero-order valence-electron chi connectivity index (χ0n) is 21.9. The minimum atomic E-state index is -0.517. The molecule has 0 radical (unpaired) electrons. The fourth-order valence-electron chi connectivity index (χ4n) is 3.64. The van der Waals surface area contributed by atoms with E-state index in [0.717, 1.165) is 4.90 Å². The molecule has 11 heteroatoms. The molecule has 0 saturated carbocycles. The third-order valence-corrected chi connectivity index (χ3v) is 6.71. The van der Waals surface area contributed by atoms with Crippen LogP contribution in [0.2, 0.25) is 0 Å². The smallest absolute Gasteiger partial charge is 0.272 e. The number of benzene rings is 3. The van der Waals surface area contributed by atoms with E-state index in [0.29, 0.717) is 28.1 Å². The number of rotatable bonds is 10. The van der Waals surface area contributed by atoms with Gasteiger partial charge in [-0.1, -0.05) is 24.3 Å². The van der Waals surface area contributed by atoms with Crippen LogP contribution in [0.4, 0.5) is 17.1 Å². The van der Waals surface area contributed by atoms with Crippen LogP contribution in [0.15, 0.2) is 108 Å². The summed E-state index contributed by atoms with van der Waals surface area (Å²) >= 11 is 1.30. The lowest BCUT2D eigenvalue weighted by Crippen LogP contribution is -2.30. The molecule has 0 bridgehead atoms. The molecule has 41 heavy (non-hydrogen) atoms. The van der Waals surface area contributed by atoms with Crippen LogP contribution < -0.4 is 16.0 Å². The van der Waals surface area contributed by atoms with Crippen molar-refractivity contribution in [1.82, 2.24) is 10.3 Å². The summed E-state index contributed by atoms with van der Waals surface area (Å²) in [4.78, 5) is 53.5. The van der Waals surface area contributed by atoms with Crippen molar-refractivity contribution in [3.8, 4) is 0 Å². The summed E-state index contributed by atoms with van der Waals surface area (Å²) in [6.45, 7) is 1.69. The predicted molar refractivity (Wildman–Crippen MR) is 158 cm³/mol. The number of aromatic nitrogens is 1. The van der Waals surface area contributed by atoms with Gasteiger partial charge in [-0.05, 0) is 72.7 Å². The highest BCUT2D eigenvalue weighted by molar-refractivity contribution is 8.00. The van der Waals surface area contributed by atoms with E-state index in [1.54, 1.807) is 92.1 Å². The Morgan fingerprint density at radius 3 is 2.37 bits per heavy atom. The second-order valence-corrected chi connectivity index (χ2v) is 9.78. The summed E-state index contributed by atoms with van der Waals surface area (Å²) in [5.41, 5.74) is 2.65. The Bertz CT molecular complexity index is 1590. The molecule has 0 aliphatic rings. The number of nitro benzene ring substituents is 1. The standard InChI is InChI=1S/C30H25N5O5S/c1-20-16-24(35(39)40)11-14-26(20)33-28(36)19-41-25-12-9-23(10-13-25)32-30(38)27(17-21-6-5-15-31-18-21)34-29(37)22-7-3-2-4-8-22/h2-18H,19H2,1H3,(H,32,38)(H,33,36)(H,34,37)/b27-17-. The molecule has 4 rings (SSSR count). The second kappa shape index (κ2) is 13.7. The highest BCUT2D eigenvalue weighted by Gasteiger charge is 2.16. The number of amides is 3. The highest BCUT2D eigenvalue weighted by Crippen LogP contribution is 2.24. The number of carbonyl (C=O) groups is 3. The van der Waals surface area contributed by atoms with E-state index in [2.05, 4.69) is 20.9 Å². The molecular weight excluding hydrogens is 542 g/mol. The number of hydrogen-bond acceptors (Lipinski definition) is 7. The number of nitrogens with zero attached hydrogens (tertiary/aromatic N) is 2. The molecule has 0 aliphatic heterocycles. The Labute approximate surface area is 240 Å². The first-order chi connectivity index (χ1) is 19.8. The summed E-state index contributed by atoms with van der Waals surface area (Å²) in [5.74, 6) is -1.09. The minimum Gasteiger partial charge on any atom is -0.325 e. The van der Waals surface area contributed by atoms with E-state index in [4.69, 9.17) is 0 Å². The van der Waals surface area contributed by atoms with Gasteiger partial charge in [0.15, 0.2) is 0 Å². The first-order valence-electron chi connectivity index (χ1n) is 12.4. The van der Waals surface area contributed by atoms with Crippen LogP contribution in [-0.4, -0.2) is 33.4 Å². The average molecular weight is 568 g/mol. The minimum absolute atomic E-state index is 0.0414. The van der Waals surface area contributed by atoms with E-state index in [1.807, 2.05) is 0 Å². The van der Waals surface area contributed by atoms with Gasteiger partial charge in [-0.15, -0.1) is 11.8 Å². The van der Waals surface area contributed by atoms with Gasteiger partial charge in [0.1, 0.15) is 5.70 Å². The quantitative estimate of drug-likeness (QED) is 0.100. The summed E-state index contributed by atoms with van der Waals surface area (Å²) in [6, 6.07) is 23.2. The number of thioether (sulfide) groups is 1. The highest BCUT2D eigenvalue weighted by atomic mass is 32.2. The van der Waals surface area contributed by atoms with Crippen LogP contribution in [-0.2, 0) is 9.59 Å². The summed E-state index contributed by atoms with van der Waals surface area (Å²) in [5, 5.41) is 19.1. The third kappa shape index (κ3) is 8.35. The van der Waals surface area contributed by atoms with Crippen molar-refractivity contribution < 1.29 is 19.3 Å². The number of anilines is 2. The Morgan fingerprint density at radius 2 is 1.71 bits per heavy atom. The van der Waals surface area contributed by atoms with Crippen molar-refractivity contribution in [2.75, 3.05) is 16.4 Å². The van der Waals surface area contributed by atoms with Crippen molar-refractivity contribution in [3.05, 3.63) is 130 Å². The molecule has 4 aromatic rings. The number of pyridine rings is 1. The number of carbonyl (C=O) groups excluding carboxylic acids is 3. The molecule has 0 aliphatic carbocycles. The normalized spacial score (nSPS) is 10.9. The van der Waals surface area contributed by atoms with Crippen LogP contribution in [0.5, 0.6) is 0 Å². The third-order valence-electron chi connectivity index (χ3n) is 5.70. The fourth-order valence-corrected chi connectivity index (χ4v) is 4.34. The Kier molecular flexibility index (Phi) is 9.57. The van der Waals surface area contributed by atoms with Crippen molar-refractivity contribution in [2.24, 2.45) is 0 Å². The van der Waals surface area contributed by atoms with E-state index < -0.39 is 16.7 Å². The van der Waals surface area contributed by atoms with Gasteiger partial charge in [0.25, 0.3) is 17.5 Å². The molecule has 0 atom stereocenters. The van der Waals surface area contributed by atoms with Gasteiger partial charge in [-0.2, -0.15) is 0 Å². The van der Waals surface area contributed by atoms with Crippen LogP contribution >= 0.6 is 11.8 Å². The molecule has 10 nitrogen and oxygen atoms in total. The van der Waals surface area contributed by atoms with Crippen LogP contribution in [0.3, 0.4) is 0 Å². The first kappa shape index (κ1) is 28.7. The predicted octanol–water partition coefficient (Wildman–Crippen LogP) is 5.44. The van der Waals surface area contributed by atoms with E-state index in [1.165, 1.54) is 30.0 Å². The molecule has 0 unspecified atom stereocenters. The molecule has 3 aromatic carbocycles. The molecule has 1 aromatic heterocycles. The SMILES string of the molecule is Cc1cc([N+](=O)[O-])ccc1NC(=O)CSc1ccc(NC(=O)/C(=C/c2cccnc2)NC(=O)c2ccccc2)cc1. The lowest BCUT2D eigenvalue weighted by atomic mass is 10.2. The molecule has 3 N–H and O–H groups in total. The zero-order chi connectivity index (χ0) is 29.2. The van der Waals surface area contributed by atoms with Crippen molar-refractivity contribution >= 4 is 52.6 Å². The van der Waals surface area contributed by atoms with Gasteiger partial charge in [0.05, 0.1) is 10.7 Å². The Balaban J connectivity index is 1.37. The molecule has 0 saturated heterocycles. The summed E-state index contributed by atoms with van der Waals surface area (Å²) < 4.78 is 0. The topological polar surface area (TPSA) is 143 Å². The van der Waals surface area contributed by atoms with Crippen LogP contribution in [0, 0.1) is 17.0 Å². The maximum absolute atomic E-state index is 13.1. The van der Waals surface area contributed by atoms with Crippen LogP contribution in [0.25, 0.3) is 6.08 Å². The van der Waals surface area contributed by atoms with Gasteiger partial charge < -0.3 is 16.0 Å². The van der Waals surface area contributed by atoms with Gasteiger partial charge in [0.2, 0.25) is 5.91 Å². The fraction of sp³-hybridized carbons (Fsp3) is 0.0667. The number of nitro groups is 1. The molecule has 0 fully saturated rings. The summed E-state index contributed by atoms with van der Waals surface area (Å²) in [7, 11) is 0. The number of non-ortho nitro benzene ring substituents is 1. The Hall–Kier alpha value is -5.29. The van der Waals surface area contributed by atoms with E-state index in [-0.39, 0.29) is 23.0 Å². The van der Waals surface area contributed by atoms with Crippen molar-refractivity contribution in [2.45, 2.75) is 11.8 Å².